The second kappa shape index (κ2) is 4.86. The van der Waals surface area contributed by atoms with Gasteiger partial charge in [0.2, 0.25) is 0 Å². The van der Waals surface area contributed by atoms with Gasteiger partial charge in [-0.25, -0.2) is 0 Å². The van der Waals surface area contributed by atoms with E-state index in [0.717, 1.165) is 11.7 Å². The first kappa shape index (κ1) is 10.8. The molecule has 0 spiro atoms. The van der Waals surface area contributed by atoms with E-state index in [-0.39, 0.29) is 6.10 Å². The van der Waals surface area contributed by atoms with E-state index in [4.69, 9.17) is 0 Å². The van der Waals surface area contributed by atoms with E-state index in [1.54, 1.807) is 0 Å². The van der Waals surface area contributed by atoms with Crippen LogP contribution in [0.2, 0.25) is 0 Å². The Morgan fingerprint density at radius 1 is 1.43 bits per heavy atom. The minimum absolute atomic E-state index is 0.0457. The molecule has 1 saturated heterocycles. The summed E-state index contributed by atoms with van der Waals surface area (Å²) in [4.78, 5) is 2.53. The third-order valence-electron chi connectivity index (χ3n) is 3.54. The minimum Gasteiger partial charge on any atom is -0.391 e. The first-order valence-corrected chi connectivity index (χ1v) is 6.90. The molecule has 0 aromatic rings. The Hall–Kier alpha value is 0.270. The van der Waals surface area contributed by atoms with Crippen LogP contribution in [0.3, 0.4) is 0 Å². The smallest absolute Gasteiger partial charge is 0.0695 e. The van der Waals surface area contributed by atoms with E-state index in [1.807, 2.05) is 0 Å². The normalized spacial score (nSPS) is 40.3. The average molecular weight is 215 g/mol. The van der Waals surface area contributed by atoms with Crippen molar-refractivity contribution in [3.05, 3.63) is 0 Å². The summed E-state index contributed by atoms with van der Waals surface area (Å²) in [5.41, 5.74) is 0. The topological polar surface area (TPSA) is 23.5 Å². The van der Waals surface area contributed by atoms with Gasteiger partial charge in [0.05, 0.1) is 6.10 Å². The number of aliphatic hydroxyl groups excluding tert-OH is 1. The van der Waals surface area contributed by atoms with Crippen molar-refractivity contribution in [1.29, 1.82) is 0 Å². The Kier molecular flexibility index (Phi) is 3.74. The summed E-state index contributed by atoms with van der Waals surface area (Å²) in [6, 6.07) is 0.477. The Labute approximate surface area is 91.1 Å². The van der Waals surface area contributed by atoms with Crippen LogP contribution in [0.1, 0.15) is 32.6 Å². The van der Waals surface area contributed by atoms with Crippen molar-refractivity contribution in [2.75, 3.05) is 18.8 Å². The van der Waals surface area contributed by atoms with Crippen molar-refractivity contribution < 1.29 is 5.11 Å². The van der Waals surface area contributed by atoms with Crippen LogP contribution in [0.5, 0.6) is 0 Å². The maximum atomic E-state index is 9.85. The van der Waals surface area contributed by atoms with Gasteiger partial charge in [0, 0.05) is 30.1 Å². The van der Waals surface area contributed by atoms with Gasteiger partial charge in [-0.05, 0) is 25.7 Å². The van der Waals surface area contributed by atoms with E-state index in [2.05, 4.69) is 23.6 Å². The molecule has 0 amide bonds. The first-order chi connectivity index (χ1) is 6.81. The number of thioether (sulfide) groups is 1. The van der Waals surface area contributed by atoms with Crippen molar-refractivity contribution in [2.24, 2.45) is 0 Å². The van der Waals surface area contributed by atoms with Gasteiger partial charge in [-0.3, -0.25) is 4.90 Å². The fourth-order valence-electron chi connectivity index (χ4n) is 2.64. The Morgan fingerprint density at radius 3 is 2.93 bits per heavy atom. The Balaban J connectivity index is 1.90. The van der Waals surface area contributed by atoms with E-state index >= 15 is 0 Å². The van der Waals surface area contributed by atoms with E-state index in [1.165, 1.54) is 38.1 Å². The van der Waals surface area contributed by atoms with Crippen molar-refractivity contribution in [2.45, 2.75) is 50.0 Å². The van der Waals surface area contributed by atoms with Crippen molar-refractivity contribution in [1.82, 2.24) is 4.90 Å². The number of rotatable bonds is 2. The molecular formula is C11H21NOS. The third kappa shape index (κ3) is 2.26. The van der Waals surface area contributed by atoms with Crippen LogP contribution in [-0.2, 0) is 0 Å². The highest BCUT2D eigenvalue weighted by molar-refractivity contribution is 8.00. The molecule has 1 heterocycles. The Bertz CT molecular complexity index is 188. The molecule has 82 valence electrons. The average Bonchev–Trinajstić information content (AvgIpc) is 2.65. The monoisotopic (exact) mass is 215 g/mol. The SMILES string of the molecule is CCC1CN([C@@H]2CCC[C@H]2O)CCS1. The van der Waals surface area contributed by atoms with Crippen LogP contribution in [0.4, 0.5) is 0 Å². The molecular weight excluding hydrogens is 194 g/mol. The highest BCUT2D eigenvalue weighted by Crippen LogP contribution is 2.29. The molecule has 3 heteroatoms. The highest BCUT2D eigenvalue weighted by Gasteiger charge is 2.33. The lowest BCUT2D eigenvalue weighted by molar-refractivity contribution is 0.0725. The summed E-state index contributed by atoms with van der Waals surface area (Å²) in [5.74, 6) is 1.25. The minimum atomic E-state index is -0.0457. The van der Waals surface area contributed by atoms with Crippen LogP contribution >= 0.6 is 11.8 Å². The van der Waals surface area contributed by atoms with Gasteiger partial charge in [0.25, 0.3) is 0 Å². The Morgan fingerprint density at radius 2 is 2.29 bits per heavy atom. The first-order valence-electron chi connectivity index (χ1n) is 5.85. The molecule has 1 saturated carbocycles. The van der Waals surface area contributed by atoms with Crippen LogP contribution < -0.4 is 0 Å². The standard InChI is InChI=1S/C11H21NOS/c1-2-9-8-12(6-7-14-9)10-4-3-5-11(10)13/h9-11,13H,2-8H2,1H3/t9?,10-,11-/m1/s1. The molecule has 2 nitrogen and oxygen atoms in total. The zero-order valence-electron chi connectivity index (χ0n) is 8.98. The van der Waals surface area contributed by atoms with Crippen LogP contribution in [0, 0.1) is 0 Å². The van der Waals surface area contributed by atoms with Gasteiger partial charge >= 0.3 is 0 Å². The number of nitrogens with zero attached hydrogens (tertiary/aromatic N) is 1. The van der Waals surface area contributed by atoms with Crippen molar-refractivity contribution >= 4 is 11.8 Å². The van der Waals surface area contributed by atoms with Gasteiger partial charge in [0.1, 0.15) is 0 Å². The summed E-state index contributed by atoms with van der Waals surface area (Å²) in [7, 11) is 0. The maximum absolute atomic E-state index is 9.85. The number of hydrogen-bond donors (Lipinski definition) is 1. The fraction of sp³-hybridized carbons (Fsp3) is 1.00. The molecule has 0 bridgehead atoms. The predicted octanol–water partition coefficient (Wildman–Crippen LogP) is 1.73. The van der Waals surface area contributed by atoms with Gasteiger partial charge < -0.3 is 5.11 Å². The quantitative estimate of drug-likeness (QED) is 0.759. The van der Waals surface area contributed by atoms with Crippen LogP contribution in [-0.4, -0.2) is 46.2 Å². The molecule has 2 fully saturated rings. The van der Waals surface area contributed by atoms with Gasteiger partial charge in [-0.15, -0.1) is 0 Å². The molecule has 3 atom stereocenters. The largest absolute Gasteiger partial charge is 0.391 e. The summed E-state index contributed by atoms with van der Waals surface area (Å²) in [6.45, 7) is 4.65. The summed E-state index contributed by atoms with van der Waals surface area (Å²) < 4.78 is 0. The van der Waals surface area contributed by atoms with Gasteiger partial charge in [0.15, 0.2) is 0 Å². The molecule has 1 N–H and O–H groups in total. The summed E-state index contributed by atoms with van der Waals surface area (Å²) in [5, 5.41) is 10.7. The lowest BCUT2D eigenvalue weighted by atomic mass is 10.1. The zero-order chi connectivity index (χ0) is 9.97. The molecule has 14 heavy (non-hydrogen) atoms. The van der Waals surface area contributed by atoms with Crippen LogP contribution in [0.15, 0.2) is 0 Å². The molecule has 0 aromatic carbocycles. The molecule has 0 radical (unpaired) electrons. The lowest BCUT2D eigenvalue weighted by Gasteiger charge is -2.37. The third-order valence-corrected chi connectivity index (χ3v) is 4.91. The molecule has 1 aliphatic heterocycles. The molecule has 1 aliphatic carbocycles. The summed E-state index contributed by atoms with van der Waals surface area (Å²) in [6.07, 6.45) is 4.67. The number of aliphatic hydroxyl groups is 1. The molecule has 2 rings (SSSR count). The highest BCUT2D eigenvalue weighted by atomic mass is 32.2. The second-order valence-electron chi connectivity index (χ2n) is 4.46. The van der Waals surface area contributed by atoms with Crippen molar-refractivity contribution in [3.8, 4) is 0 Å². The predicted molar refractivity (Wildman–Crippen MR) is 61.8 cm³/mol. The molecule has 2 aliphatic rings. The van der Waals surface area contributed by atoms with Crippen LogP contribution in [0.25, 0.3) is 0 Å². The van der Waals surface area contributed by atoms with E-state index < -0.39 is 0 Å². The maximum Gasteiger partial charge on any atom is 0.0695 e. The fourth-order valence-corrected chi connectivity index (χ4v) is 3.84. The van der Waals surface area contributed by atoms with E-state index in [9.17, 15) is 5.11 Å². The lowest BCUT2D eigenvalue weighted by Crippen LogP contribution is -2.47. The van der Waals surface area contributed by atoms with Crippen molar-refractivity contribution in [3.63, 3.8) is 0 Å². The van der Waals surface area contributed by atoms with Gasteiger partial charge in [-0.1, -0.05) is 6.92 Å². The zero-order valence-corrected chi connectivity index (χ0v) is 9.80. The number of hydrogen-bond acceptors (Lipinski definition) is 3. The molecule has 0 aromatic heterocycles. The second-order valence-corrected chi connectivity index (χ2v) is 5.87. The van der Waals surface area contributed by atoms with E-state index in [0.29, 0.717) is 6.04 Å². The molecule has 1 unspecified atom stereocenters. The summed E-state index contributed by atoms with van der Waals surface area (Å²) >= 11 is 2.10. The van der Waals surface area contributed by atoms with Gasteiger partial charge in [-0.2, -0.15) is 11.8 Å².